The van der Waals surface area contributed by atoms with Crippen LogP contribution in [0.15, 0.2) is 18.2 Å². The Balaban J connectivity index is 1.76. The van der Waals surface area contributed by atoms with Gasteiger partial charge in [-0.1, -0.05) is 17.7 Å². The standard InChI is InChI=1S/C14H17ClFN5/c1-9-8-21(6-5-17-9)14-18-13(19-20-14)7-10-11(15)3-2-4-12(10)16/h2-4,9,17H,5-8H2,1H3,(H,18,19,20)/t9-/m0/s1. The van der Waals surface area contributed by atoms with Crippen LogP contribution in [0.25, 0.3) is 0 Å². The van der Waals surface area contributed by atoms with Gasteiger partial charge in [0.15, 0.2) is 0 Å². The van der Waals surface area contributed by atoms with Crippen molar-refractivity contribution in [2.75, 3.05) is 24.5 Å². The van der Waals surface area contributed by atoms with Crippen molar-refractivity contribution in [3.05, 3.63) is 40.4 Å². The van der Waals surface area contributed by atoms with Crippen LogP contribution >= 0.6 is 11.6 Å². The second-order valence-electron chi connectivity index (χ2n) is 5.26. The molecule has 0 radical (unpaired) electrons. The van der Waals surface area contributed by atoms with Crippen LogP contribution in [0.2, 0.25) is 5.02 Å². The lowest BCUT2D eigenvalue weighted by Gasteiger charge is -2.30. The molecule has 3 rings (SSSR count). The van der Waals surface area contributed by atoms with E-state index in [9.17, 15) is 4.39 Å². The van der Waals surface area contributed by atoms with E-state index in [4.69, 9.17) is 11.6 Å². The average molecular weight is 310 g/mol. The van der Waals surface area contributed by atoms with Crippen molar-refractivity contribution in [1.82, 2.24) is 20.5 Å². The maximum absolute atomic E-state index is 13.8. The summed E-state index contributed by atoms with van der Waals surface area (Å²) in [5.74, 6) is 0.949. The summed E-state index contributed by atoms with van der Waals surface area (Å²) in [4.78, 5) is 6.57. The van der Waals surface area contributed by atoms with E-state index in [1.807, 2.05) is 0 Å². The van der Waals surface area contributed by atoms with Crippen molar-refractivity contribution >= 4 is 17.5 Å². The highest BCUT2D eigenvalue weighted by Crippen LogP contribution is 2.21. The third kappa shape index (κ3) is 3.16. The second kappa shape index (κ2) is 5.99. The monoisotopic (exact) mass is 309 g/mol. The van der Waals surface area contributed by atoms with Crippen LogP contribution in [0.4, 0.5) is 10.3 Å². The maximum Gasteiger partial charge on any atom is 0.244 e. The third-order valence-electron chi connectivity index (χ3n) is 3.58. The van der Waals surface area contributed by atoms with E-state index in [0.717, 1.165) is 19.6 Å². The maximum atomic E-state index is 13.8. The molecule has 0 saturated carbocycles. The van der Waals surface area contributed by atoms with Crippen LogP contribution in [0.1, 0.15) is 18.3 Å². The van der Waals surface area contributed by atoms with Crippen molar-refractivity contribution in [2.45, 2.75) is 19.4 Å². The normalized spacial score (nSPS) is 19.0. The summed E-state index contributed by atoms with van der Waals surface area (Å²) in [6.07, 6.45) is 0.306. The summed E-state index contributed by atoms with van der Waals surface area (Å²) in [7, 11) is 0. The second-order valence-corrected chi connectivity index (χ2v) is 5.67. The Hall–Kier alpha value is -1.66. The zero-order valence-corrected chi connectivity index (χ0v) is 12.5. The third-order valence-corrected chi connectivity index (χ3v) is 3.93. The first-order valence-corrected chi connectivity index (χ1v) is 7.34. The molecule has 21 heavy (non-hydrogen) atoms. The topological polar surface area (TPSA) is 56.8 Å². The summed E-state index contributed by atoms with van der Waals surface area (Å²) >= 11 is 6.03. The molecular weight excluding hydrogens is 293 g/mol. The molecule has 2 N–H and O–H groups in total. The van der Waals surface area contributed by atoms with Crippen molar-refractivity contribution in [1.29, 1.82) is 0 Å². The number of halogens is 2. The van der Waals surface area contributed by atoms with E-state index in [1.54, 1.807) is 12.1 Å². The molecule has 0 unspecified atom stereocenters. The quantitative estimate of drug-likeness (QED) is 0.910. The number of hydrogen-bond acceptors (Lipinski definition) is 4. The van der Waals surface area contributed by atoms with Gasteiger partial charge < -0.3 is 10.2 Å². The van der Waals surface area contributed by atoms with Crippen LogP contribution in [0.5, 0.6) is 0 Å². The highest BCUT2D eigenvalue weighted by Gasteiger charge is 2.19. The summed E-state index contributed by atoms with van der Waals surface area (Å²) in [6, 6.07) is 5.07. The van der Waals surface area contributed by atoms with Gasteiger partial charge in [0.1, 0.15) is 11.6 Å². The lowest BCUT2D eigenvalue weighted by atomic mass is 10.1. The molecule has 7 heteroatoms. The molecule has 5 nitrogen and oxygen atoms in total. The number of piperazine rings is 1. The molecule has 0 amide bonds. The lowest BCUT2D eigenvalue weighted by Crippen LogP contribution is -2.49. The molecule has 2 heterocycles. The van der Waals surface area contributed by atoms with Crippen molar-refractivity contribution in [3.63, 3.8) is 0 Å². The van der Waals surface area contributed by atoms with Crippen LogP contribution in [-0.4, -0.2) is 40.9 Å². The molecule has 112 valence electrons. The first-order chi connectivity index (χ1) is 10.1. The van der Waals surface area contributed by atoms with Gasteiger partial charge in [-0.25, -0.2) is 4.39 Å². The summed E-state index contributed by atoms with van der Waals surface area (Å²) in [6.45, 7) is 4.75. The van der Waals surface area contributed by atoms with E-state index < -0.39 is 0 Å². The molecule has 1 aromatic carbocycles. The van der Waals surface area contributed by atoms with Crippen LogP contribution in [0, 0.1) is 5.82 Å². The van der Waals surface area contributed by atoms with Gasteiger partial charge in [0.2, 0.25) is 5.95 Å². The zero-order chi connectivity index (χ0) is 14.8. The fourth-order valence-corrected chi connectivity index (χ4v) is 2.72. The van der Waals surface area contributed by atoms with Gasteiger partial charge in [-0.15, -0.1) is 5.10 Å². The number of rotatable bonds is 3. The minimum atomic E-state index is -0.323. The number of anilines is 1. The Labute approximate surface area is 127 Å². The van der Waals surface area contributed by atoms with Gasteiger partial charge in [0, 0.05) is 42.7 Å². The Kier molecular flexibility index (Phi) is 4.07. The SMILES string of the molecule is C[C@H]1CN(c2n[nH]c(Cc3c(F)cccc3Cl)n2)CCN1. The molecule has 1 fully saturated rings. The molecule has 1 aliphatic heterocycles. The largest absolute Gasteiger partial charge is 0.337 e. The smallest absolute Gasteiger partial charge is 0.244 e. The minimum absolute atomic E-state index is 0.306. The molecule has 1 saturated heterocycles. The number of nitrogens with one attached hydrogen (secondary N) is 2. The Morgan fingerprint density at radius 1 is 1.48 bits per heavy atom. The molecule has 1 aromatic heterocycles. The number of H-pyrrole nitrogens is 1. The highest BCUT2D eigenvalue weighted by molar-refractivity contribution is 6.31. The molecule has 1 atom stereocenters. The Morgan fingerprint density at radius 3 is 3.10 bits per heavy atom. The first kappa shape index (κ1) is 14.3. The number of benzene rings is 1. The van der Waals surface area contributed by atoms with E-state index in [-0.39, 0.29) is 5.82 Å². The first-order valence-electron chi connectivity index (χ1n) is 6.96. The molecule has 0 aliphatic carbocycles. The van der Waals surface area contributed by atoms with E-state index in [2.05, 4.69) is 32.3 Å². The molecular formula is C14H17ClFN5. The Morgan fingerprint density at radius 2 is 2.33 bits per heavy atom. The predicted octanol–water partition coefficient (Wildman–Crippen LogP) is 1.99. The van der Waals surface area contributed by atoms with E-state index >= 15 is 0 Å². The number of aromatic amines is 1. The fraction of sp³-hybridized carbons (Fsp3) is 0.429. The summed E-state index contributed by atoms with van der Waals surface area (Å²) < 4.78 is 13.8. The summed E-state index contributed by atoms with van der Waals surface area (Å²) in [5, 5.41) is 10.9. The lowest BCUT2D eigenvalue weighted by molar-refractivity contribution is 0.480. The minimum Gasteiger partial charge on any atom is -0.337 e. The van der Waals surface area contributed by atoms with E-state index in [1.165, 1.54) is 6.07 Å². The highest BCUT2D eigenvalue weighted by atomic mass is 35.5. The van der Waals surface area contributed by atoms with Crippen LogP contribution in [-0.2, 0) is 6.42 Å². The molecule has 1 aliphatic rings. The molecule has 0 spiro atoms. The van der Waals surface area contributed by atoms with E-state index in [0.29, 0.717) is 34.8 Å². The van der Waals surface area contributed by atoms with Crippen LogP contribution in [0.3, 0.4) is 0 Å². The van der Waals surface area contributed by atoms with Gasteiger partial charge in [0.05, 0.1) is 0 Å². The fourth-order valence-electron chi connectivity index (χ4n) is 2.49. The number of nitrogens with zero attached hydrogens (tertiary/aromatic N) is 3. The van der Waals surface area contributed by atoms with Crippen LogP contribution < -0.4 is 10.2 Å². The van der Waals surface area contributed by atoms with Crippen molar-refractivity contribution in [3.8, 4) is 0 Å². The van der Waals surface area contributed by atoms with Crippen molar-refractivity contribution < 1.29 is 4.39 Å². The van der Waals surface area contributed by atoms with Gasteiger partial charge in [-0.2, -0.15) is 4.98 Å². The predicted molar refractivity (Wildman–Crippen MR) is 80.3 cm³/mol. The number of aromatic nitrogens is 3. The number of hydrogen-bond donors (Lipinski definition) is 2. The Bertz CT molecular complexity index is 609. The zero-order valence-electron chi connectivity index (χ0n) is 11.7. The van der Waals surface area contributed by atoms with Gasteiger partial charge in [0.25, 0.3) is 0 Å². The van der Waals surface area contributed by atoms with Gasteiger partial charge >= 0.3 is 0 Å². The van der Waals surface area contributed by atoms with Gasteiger partial charge in [-0.3, -0.25) is 5.10 Å². The average Bonchev–Trinajstić information content (AvgIpc) is 2.92. The molecule has 2 aromatic rings. The molecule has 0 bridgehead atoms. The van der Waals surface area contributed by atoms with Crippen molar-refractivity contribution in [2.24, 2.45) is 0 Å². The van der Waals surface area contributed by atoms with Gasteiger partial charge in [-0.05, 0) is 19.1 Å². The summed E-state index contributed by atoms with van der Waals surface area (Å²) in [5.41, 5.74) is 0.440.